The molecule has 0 N–H and O–H groups in total. The van der Waals surface area contributed by atoms with Crippen LogP contribution in [0.15, 0.2) is 6.07 Å². The Morgan fingerprint density at radius 2 is 1.35 bits per heavy atom. The van der Waals surface area contributed by atoms with Crippen molar-refractivity contribution in [1.29, 1.82) is 0 Å². The molecule has 9 nitrogen and oxygen atoms in total. The number of nitrogens with zero attached hydrogens (tertiary/aromatic N) is 1. The molecule has 0 saturated heterocycles. The van der Waals surface area contributed by atoms with Crippen LogP contribution in [0.4, 0.5) is 0 Å². The van der Waals surface area contributed by atoms with Gasteiger partial charge in [-0.3, -0.25) is 9.69 Å². The van der Waals surface area contributed by atoms with Gasteiger partial charge in [-0.05, 0) is 44.4 Å². The molecule has 0 saturated carbocycles. The number of hydrogen-bond acceptors (Lipinski definition) is 9. The Morgan fingerprint density at radius 1 is 0.757 bits per heavy atom. The number of benzene rings is 2. The van der Waals surface area contributed by atoms with Crippen molar-refractivity contribution < 1.29 is 38.0 Å². The highest BCUT2D eigenvalue weighted by molar-refractivity contribution is 6.02. The van der Waals surface area contributed by atoms with Gasteiger partial charge >= 0.3 is 0 Å². The standard InChI is InChI=1S/C28H39NO8/c1-17-22(26(35-6)28(37-8)27(36-7)23(17)32-3)20(30)11-9-10-13-29-14-12-18-15-21(31-2)25(34-5)24(33-4)19(18)16-29/h15H,9-14,16H2,1-8H3. The van der Waals surface area contributed by atoms with Crippen LogP contribution in [0.1, 0.15) is 46.3 Å². The van der Waals surface area contributed by atoms with Crippen molar-refractivity contribution in [1.82, 2.24) is 4.90 Å². The zero-order valence-electron chi connectivity index (χ0n) is 23.2. The number of unbranched alkanes of at least 4 members (excludes halogenated alkanes) is 1. The third kappa shape index (κ3) is 5.51. The van der Waals surface area contributed by atoms with Gasteiger partial charge in [0.15, 0.2) is 28.8 Å². The lowest BCUT2D eigenvalue weighted by molar-refractivity contribution is 0.0972. The first kappa shape index (κ1) is 28.2. The largest absolute Gasteiger partial charge is 0.493 e. The number of carbonyl (C=O) groups is 1. The Kier molecular flexibility index (Phi) is 9.74. The van der Waals surface area contributed by atoms with Gasteiger partial charge in [0.2, 0.25) is 17.2 Å². The summed E-state index contributed by atoms with van der Waals surface area (Å²) in [5, 5.41) is 0. The zero-order chi connectivity index (χ0) is 27.1. The number of ether oxygens (including phenoxy) is 7. The molecule has 0 atom stereocenters. The van der Waals surface area contributed by atoms with E-state index in [2.05, 4.69) is 4.90 Å². The van der Waals surface area contributed by atoms with E-state index in [4.69, 9.17) is 33.2 Å². The van der Waals surface area contributed by atoms with Crippen molar-refractivity contribution in [3.05, 3.63) is 28.3 Å². The molecule has 1 aliphatic heterocycles. The Balaban J connectivity index is 1.69. The van der Waals surface area contributed by atoms with Crippen molar-refractivity contribution in [2.75, 3.05) is 62.9 Å². The molecule has 2 aromatic rings. The topological polar surface area (TPSA) is 84.9 Å². The number of carbonyl (C=O) groups excluding carboxylic acids is 1. The number of ketones is 1. The van der Waals surface area contributed by atoms with Gasteiger partial charge in [0.25, 0.3) is 0 Å². The van der Waals surface area contributed by atoms with Crippen LogP contribution in [-0.2, 0) is 13.0 Å². The molecule has 0 aliphatic carbocycles. The molecule has 0 fully saturated rings. The van der Waals surface area contributed by atoms with Gasteiger partial charge in [-0.15, -0.1) is 0 Å². The second-order valence-electron chi connectivity index (χ2n) is 8.82. The number of rotatable bonds is 13. The average Bonchev–Trinajstić information content (AvgIpc) is 2.92. The Labute approximate surface area is 219 Å². The van der Waals surface area contributed by atoms with Gasteiger partial charge in [-0.2, -0.15) is 0 Å². The van der Waals surface area contributed by atoms with Crippen molar-refractivity contribution >= 4 is 5.78 Å². The summed E-state index contributed by atoms with van der Waals surface area (Å²) in [4.78, 5) is 15.7. The molecule has 204 valence electrons. The predicted molar refractivity (Wildman–Crippen MR) is 141 cm³/mol. The summed E-state index contributed by atoms with van der Waals surface area (Å²) < 4.78 is 38.9. The first-order chi connectivity index (χ1) is 17.9. The monoisotopic (exact) mass is 517 g/mol. The number of Topliss-reactive ketones (excluding diaryl/α,β-unsaturated/α-hetero) is 1. The number of hydrogen-bond donors (Lipinski definition) is 0. The molecular formula is C28H39NO8. The van der Waals surface area contributed by atoms with Crippen LogP contribution in [0.25, 0.3) is 0 Å². The van der Waals surface area contributed by atoms with Crippen molar-refractivity contribution in [2.24, 2.45) is 0 Å². The minimum Gasteiger partial charge on any atom is -0.493 e. The summed E-state index contributed by atoms with van der Waals surface area (Å²) in [7, 11) is 11.0. The second kappa shape index (κ2) is 12.8. The fraction of sp³-hybridized carbons (Fsp3) is 0.536. The summed E-state index contributed by atoms with van der Waals surface area (Å²) in [6.45, 7) is 4.39. The normalized spacial score (nSPS) is 13.0. The molecule has 0 spiro atoms. The Hall–Kier alpha value is -3.33. The molecule has 37 heavy (non-hydrogen) atoms. The molecule has 3 rings (SSSR count). The van der Waals surface area contributed by atoms with E-state index in [0.29, 0.717) is 52.0 Å². The molecule has 9 heteroatoms. The molecular weight excluding hydrogens is 478 g/mol. The Bertz CT molecular complexity index is 1110. The van der Waals surface area contributed by atoms with Crippen LogP contribution < -0.4 is 33.2 Å². The second-order valence-corrected chi connectivity index (χ2v) is 8.82. The van der Waals surface area contributed by atoms with Gasteiger partial charge in [0.1, 0.15) is 0 Å². The van der Waals surface area contributed by atoms with E-state index in [1.807, 2.05) is 13.0 Å². The average molecular weight is 518 g/mol. The van der Waals surface area contributed by atoms with E-state index < -0.39 is 0 Å². The molecule has 1 aliphatic rings. The van der Waals surface area contributed by atoms with Gasteiger partial charge in [0, 0.05) is 30.6 Å². The van der Waals surface area contributed by atoms with Crippen LogP contribution in [-0.4, -0.2) is 73.5 Å². The van der Waals surface area contributed by atoms with Crippen LogP contribution >= 0.6 is 0 Å². The lowest BCUT2D eigenvalue weighted by Gasteiger charge is -2.31. The summed E-state index contributed by atoms with van der Waals surface area (Å²) in [6, 6.07) is 2.04. The highest BCUT2D eigenvalue weighted by Crippen LogP contribution is 2.49. The fourth-order valence-electron chi connectivity index (χ4n) is 5.10. The van der Waals surface area contributed by atoms with Crippen molar-refractivity contribution in [2.45, 2.75) is 39.2 Å². The van der Waals surface area contributed by atoms with Gasteiger partial charge in [-0.1, -0.05) is 0 Å². The quantitative estimate of drug-likeness (QED) is 0.282. The highest BCUT2D eigenvalue weighted by Gasteiger charge is 2.29. The lowest BCUT2D eigenvalue weighted by atomic mass is 9.96. The van der Waals surface area contributed by atoms with E-state index >= 15 is 0 Å². The third-order valence-corrected chi connectivity index (χ3v) is 6.89. The smallest absolute Gasteiger partial charge is 0.208 e. The summed E-state index contributed by atoms with van der Waals surface area (Å²) in [5.41, 5.74) is 3.48. The molecule has 0 bridgehead atoms. The summed E-state index contributed by atoms with van der Waals surface area (Å²) in [6.07, 6.45) is 2.90. The van der Waals surface area contributed by atoms with Gasteiger partial charge in [0.05, 0.1) is 55.3 Å². The van der Waals surface area contributed by atoms with E-state index in [1.54, 1.807) is 28.4 Å². The predicted octanol–water partition coefficient (Wildman–Crippen LogP) is 4.47. The zero-order valence-corrected chi connectivity index (χ0v) is 23.2. The Morgan fingerprint density at radius 3 is 1.92 bits per heavy atom. The minimum atomic E-state index is -0.0175. The van der Waals surface area contributed by atoms with Crippen LogP contribution in [0.3, 0.4) is 0 Å². The first-order valence-electron chi connectivity index (χ1n) is 12.3. The number of methoxy groups -OCH3 is 7. The third-order valence-electron chi connectivity index (χ3n) is 6.89. The highest BCUT2D eigenvalue weighted by atomic mass is 16.5. The van der Waals surface area contributed by atoms with Gasteiger partial charge < -0.3 is 33.2 Å². The van der Waals surface area contributed by atoms with E-state index in [0.717, 1.165) is 50.2 Å². The maximum atomic E-state index is 13.3. The number of fused-ring (bicyclic) bond motifs is 1. The molecule has 2 aromatic carbocycles. The van der Waals surface area contributed by atoms with E-state index in [1.165, 1.54) is 26.9 Å². The first-order valence-corrected chi connectivity index (χ1v) is 12.3. The summed E-state index contributed by atoms with van der Waals surface area (Å²) in [5.74, 6) is 3.60. The fourth-order valence-corrected chi connectivity index (χ4v) is 5.10. The van der Waals surface area contributed by atoms with E-state index in [9.17, 15) is 4.79 Å². The maximum absolute atomic E-state index is 13.3. The molecule has 1 heterocycles. The van der Waals surface area contributed by atoms with Gasteiger partial charge in [-0.25, -0.2) is 0 Å². The SMILES string of the molecule is COc1cc2c(c(OC)c1OC)CN(CCCCC(=O)c1c(C)c(OC)c(OC)c(OC)c1OC)CC2. The van der Waals surface area contributed by atoms with Crippen molar-refractivity contribution in [3.63, 3.8) is 0 Å². The molecule has 0 aromatic heterocycles. The summed E-state index contributed by atoms with van der Waals surface area (Å²) >= 11 is 0. The van der Waals surface area contributed by atoms with Crippen LogP contribution in [0.2, 0.25) is 0 Å². The molecule has 0 radical (unpaired) electrons. The molecule has 0 amide bonds. The van der Waals surface area contributed by atoms with Crippen LogP contribution in [0, 0.1) is 6.92 Å². The van der Waals surface area contributed by atoms with Crippen molar-refractivity contribution in [3.8, 4) is 40.2 Å². The lowest BCUT2D eigenvalue weighted by Crippen LogP contribution is -2.31. The maximum Gasteiger partial charge on any atom is 0.208 e. The molecule has 0 unspecified atom stereocenters. The van der Waals surface area contributed by atoms with E-state index in [-0.39, 0.29) is 5.78 Å². The van der Waals surface area contributed by atoms with Crippen LogP contribution in [0.5, 0.6) is 40.2 Å². The minimum absolute atomic E-state index is 0.0175.